The summed E-state index contributed by atoms with van der Waals surface area (Å²) in [7, 11) is -2.60. The van der Waals surface area contributed by atoms with Gasteiger partial charge < -0.3 is 4.42 Å². The van der Waals surface area contributed by atoms with Gasteiger partial charge in [-0.2, -0.15) is 10.6 Å². The summed E-state index contributed by atoms with van der Waals surface area (Å²) in [6.07, 6.45) is 2.20. The van der Waals surface area contributed by atoms with Crippen molar-refractivity contribution >= 4 is 62.5 Å². The van der Waals surface area contributed by atoms with E-state index in [1.807, 2.05) is 18.2 Å². The number of halogens is 1. The third-order valence-electron chi connectivity index (χ3n) is 4.47. The molecule has 2 saturated heterocycles. The fourth-order valence-electron chi connectivity index (χ4n) is 3.16. The van der Waals surface area contributed by atoms with Crippen molar-refractivity contribution in [2.45, 2.75) is 12.5 Å². The molecule has 2 aromatic rings. The van der Waals surface area contributed by atoms with Crippen molar-refractivity contribution in [3.63, 3.8) is 0 Å². The van der Waals surface area contributed by atoms with Crippen molar-refractivity contribution in [3.8, 4) is 11.3 Å². The normalized spacial score (nSPS) is 24.8. The molecule has 5 nitrogen and oxygen atoms in total. The number of benzene rings is 1. The maximum atomic E-state index is 12.8. The van der Waals surface area contributed by atoms with E-state index < -0.39 is 10.6 Å². The Labute approximate surface area is 172 Å². The highest BCUT2D eigenvalue weighted by molar-refractivity contribution is 8.27. The Bertz CT molecular complexity index is 956. The van der Waals surface area contributed by atoms with Gasteiger partial charge >= 0.3 is 0 Å². The highest BCUT2D eigenvalue weighted by Gasteiger charge is 2.42. The Morgan fingerprint density at radius 3 is 2.78 bits per heavy atom. The zero-order chi connectivity index (χ0) is 19.2. The highest BCUT2D eigenvalue weighted by Crippen LogP contribution is 2.49. The molecule has 9 heteroatoms. The first-order chi connectivity index (χ1) is 12.8. The number of amides is 1. The molecule has 2 N–H and O–H groups in total. The van der Waals surface area contributed by atoms with Crippen molar-refractivity contribution < 1.29 is 18.3 Å². The number of rotatable bonds is 3. The molecule has 0 saturated carbocycles. The molecule has 2 fully saturated rings. The number of carbonyl (C=O) groups is 1. The molecule has 2 aliphatic rings. The minimum absolute atomic E-state index is 0.185. The van der Waals surface area contributed by atoms with Crippen molar-refractivity contribution in [2.24, 2.45) is 0 Å². The molecule has 1 aromatic carbocycles. The standard InChI is InChI=1S/C18H16ClNO4S3/c19-14-4-2-1-3-13(14)15-6-5-12(24-15)9-16-17(21)20(18(25)26-16)11-7-8-27(22,23)10-11/h1-6,9,11,22-23H,7-8,10H2/b16-9+. The summed E-state index contributed by atoms with van der Waals surface area (Å²) in [5, 5.41) is 0.588. The van der Waals surface area contributed by atoms with Crippen molar-refractivity contribution in [1.29, 1.82) is 0 Å². The molecule has 0 spiro atoms. The van der Waals surface area contributed by atoms with E-state index in [0.717, 1.165) is 5.56 Å². The van der Waals surface area contributed by atoms with Crippen LogP contribution in [0.15, 0.2) is 45.7 Å². The molecule has 1 aromatic heterocycles. The van der Waals surface area contributed by atoms with Gasteiger partial charge in [0.15, 0.2) is 0 Å². The topological polar surface area (TPSA) is 73.9 Å². The lowest BCUT2D eigenvalue weighted by Crippen LogP contribution is -2.39. The van der Waals surface area contributed by atoms with Crippen LogP contribution in [0, 0.1) is 0 Å². The maximum Gasteiger partial charge on any atom is 0.266 e. The Morgan fingerprint density at radius 2 is 2.07 bits per heavy atom. The molecule has 0 aliphatic carbocycles. The third kappa shape index (κ3) is 3.83. The van der Waals surface area contributed by atoms with Gasteiger partial charge in [0.25, 0.3) is 5.91 Å². The van der Waals surface area contributed by atoms with Gasteiger partial charge in [-0.25, -0.2) is 0 Å². The number of hydrogen-bond acceptors (Lipinski definition) is 6. The van der Waals surface area contributed by atoms with Gasteiger partial charge in [-0.1, -0.05) is 47.7 Å². The second-order valence-electron chi connectivity index (χ2n) is 6.35. The molecule has 1 atom stereocenters. The number of furan rings is 1. The van der Waals surface area contributed by atoms with E-state index in [0.29, 0.717) is 37.9 Å². The number of thioether (sulfide) groups is 1. The van der Waals surface area contributed by atoms with Crippen LogP contribution < -0.4 is 0 Å². The molecule has 1 unspecified atom stereocenters. The minimum Gasteiger partial charge on any atom is -0.457 e. The summed E-state index contributed by atoms with van der Waals surface area (Å²) >= 11 is 12.7. The van der Waals surface area contributed by atoms with Gasteiger partial charge in [-0.05, 0) is 30.7 Å². The average molecular weight is 442 g/mol. The van der Waals surface area contributed by atoms with Crippen LogP contribution >= 0.6 is 46.2 Å². The molecular formula is C18H16ClNO4S3. The number of nitrogens with zero attached hydrogens (tertiary/aromatic N) is 1. The Morgan fingerprint density at radius 1 is 1.30 bits per heavy atom. The lowest BCUT2D eigenvalue weighted by molar-refractivity contribution is -0.123. The summed E-state index contributed by atoms with van der Waals surface area (Å²) in [6, 6.07) is 10.7. The predicted octanol–water partition coefficient (Wildman–Crippen LogP) is 5.32. The van der Waals surface area contributed by atoms with Gasteiger partial charge in [0.1, 0.15) is 15.8 Å². The first-order valence-electron chi connectivity index (χ1n) is 8.19. The van der Waals surface area contributed by atoms with E-state index in [-0.39, 0.29) is 17.7 Å². The molecule has 0 radical (unpaired) electrons. The third-order valence-corrected chi connectivity index (χ3v) is 7.93. The summed E-state index contributed by atoms with van der Waals surface area (Å²) < 4.78 is 25.9. The molecule has 142 valence electrons. The second kappa shape index (κ2) is 7.27. The summed E-state index contributed by atoms with van der Waals surface area (Å²) in [5.74, 6) is 1.42. The van der Waals surface area contributed by atoms with E-state index in [1.54, 1.807) is 24.3 Å². The monoisotopic (exact) mass is 441 g/mol. The summed E-state index contributed by atoms with van der Waals surface area (Å²) in [5.41, 5.74) is 0.780. The van der Waals surface area contributed by atoms with Crippen LogP contribution in [-0.4, -0.2) is 41.8 Å². The van der Waals surface area contributed by atoms with E-state index >= 15 is 0 Å². The fourth-order valence-corrected chi connectivity index (χ4v) is 6.52. The molecule has 0 bridgehead atoms. The first kappa shape index (κ1) is 19.0. The molecule has 2 aliphatic heterocycles. The zero-order valence-corrected chi connectivity index (χ0v) is 17.2. The smallest absolute Gasteiger partial charge is 0.266 e. The fraction of sp³-hybridized carbons (Fsp3) is 0.222. The van der Waals surface area contributed by atoms with Gasteiger partial charge in [-0.15, -0.1) is 0 Å². The largest absolute Gasteiger partial charge is 0.457 e. The predicted molar refractivity (Wildman–Crippen MR) is 115 cm³/mol. The van der Waals surface area contributed by atoms with Gasteiger partial charge in [0.05, 0.1) is 21.7 Å². The van der Waals surface area contributed by atoms with Crippen LogP contribution in [0.2, 0.25) is 5.02 Å². The molecular weight excluding hydrogens is 426 g/mol. The van der Waals surface area contributed by atoms with Crippen molar-refractivity contribution in [2.75, 3.05) is 11.5 Å². The quantitative estimate of drug-likeness (QED) is 0.495. The van der Waals surface area contributed by atoms with E-state index in [1.165, 1.54) is 16.7 Å². The van der Waals surface area contributed by atoms with Gasteiger partial charge in [0.2, 0.25) is 0 Å². The molecule has 3 heterocycles. The maximum absolute atomic E-state index is 12.8. The summed E-state index contributed by atoms with van der Waals surface area (Å²) in [6.45, 7) is 0. The first-order valence-corrected chi connectivity index (χ1v) is 11.7. The van der Waals surface area contributed by atoms with Crippen LogP contribution in [0.5, 0.6) is 0 Å². The number of thiocarbonyl (C=S) groups is 1. The Balaban J connectivity index is 1.56. The minimum atomic E-state index is -2.60. The van der Waals surface area contributed by atoms with Crippen LogP contribution in [0.1, 0.15) is 12.2 Å². The Hall–Kier alpha value is -1.29. The van der Waals surface area contributed by atoms with Gasteiger partial charge in [0, 0.05) is 17.4 Å². The molecule has 1 amide bonds. The SMILES string of the molecule is O=C1/C(=C\c2ccc(-c3ccccc3Cl)o2)SC(=S)N1C1CCS(O)(O)C1. The van der Waals surface area contributed by atoms with E-state index in [2.05, 4.69) is 0 Å². The van der Waals surface area contributed by atoms with Crippen LogP contribution in [0.3, 0.4) is 0 Å². The van der Waals surface area contributed by atoms with E-state index in [4.69, 9.17) is 28.2 Å². The zero-order valence-electron chi connectivity index (χ0n) is 14.0. The van der Waals surface area contributed by atoms with Crippen molar-refractivity contribution in [1.82, 2.24) is 4.90 Å². The lowest BCUT2D eigenvalue weighted by atomic mass is 10.2. The Kier molecular flexibility index (Phi) is 5.13. The number of carbonyl (C=O) groups excluding carboxylic acids is 1. The van der Waals surface area contributed by atoms with E-state index in [9.17, 15) is 13.9 Å². The lowest BCUT2D eigenvalue weighted by Gasteiger charge is -2.28. The number of hydrogen-bond donors (Lipinski definition) is 2. The van der Waals surface area contributed by atoms with Crippen LogP contribution in [0.25, 0.3) is 17.4 Å². The summed E-state index contributed by atoms with van der Waals surface area (Å²) in [4.78, 5) is 14.7. The van der Waals surface area contributed by atoms with Gasteiger partial charge in [-0.3, -0.25) is 18.8 Å². The molecule has 27 heavy (non-hydrogen) atoms. The van der Waals surface area contributed by atoms with Crippen LogP contribution in [-0.2, 0) is 4.79 Å². The average Bonchev–Trinajstić information content (AvgIpc) is 3.27. The van der Waals surface area contributed by atoms with Crippen LogP contribution in [0.4, 0.5) is 0 Å². The second-order valence-corrected chi connectivity index (χ2v) is 10.8. The highest BCUT2D eigenvalue weighted by atomic mass is 35.5. The van der Waals surface area contributed by atoms with Crippen molar-refractivity contribution in [3.05, 3.63) is 52.1 Å². The molecule has 4 rings (SSSR count).